The number of nitrogens with one attached hydrogen (secondary N) is 2. The molecule has 0 saturated carbocycles. The van der Waals surface area contributed by atoms with Crippen molar-refractivity contribution in [2.75, 3.05) is 11.9 Å². The number of amides is 3. The minimum absolute atomic E-state index is 0.359. The maximum absolute atomic E-state index is 13.8. The average molecular weight is 515 g/mol. The summed E-state index contributed by atoms with van der Waals surface area (Å²) >= 11 is 0. The van der Waals surface area contributed by atoms with Crippen LogP contribution in [0.1, 0.15) is 50.4 Å². The van der Waals surface area contributed by atoms with Gasteiger partial charge in [-0.3, -0.25) is 9.59 Å². The lowest BCUT2D eigenvalue weighted by atomic mass is 9.98. The minimum Gasteiger partial charge on any atom is -0.444 e. The molecule has 2 atom stereocenters. The number of nitrogens with zero attached hydrogens (tertiary/aromatic N) is 2. The van der Waals surface area contributed by atoms with Crippen molar-refractivity contribution in [3.63, 3.8) is 0 Å². The van der Waals surface area contributed by atoms with Gasteiger partial charge in [0.1, 0.15) is 24.2 Å². The lowest BCUT2D eigenvalue weighted by Gasteiger charge is -2.32. The number of anilines is 1. The van der Waals surface area contributed by atoms with Crippen LogP contribution in [0.5, 0.6) is 0 Å². The van der Waals surface area contributed by atoms with Gasteiger partial charge in [-0.15, -0.1) is 0 Å². The molecular formula is C30H34N4O4. The Morgan fingerprint density at radius 1 is 0.974 bits per heavy atom. The lowest BCUT2D eigenvalue weighted by molar-refractivity contribution is -0.139. The summed E-state index contributed by atoms with van der Waals surface area (Å²) in [5.74, 6) is -1.06. The predicted octanol–water partition coefficient (Wildman–Crippen LogP) is 5.40. The summed E-state index contributed by atoms with van der Waals surface area (Å²) in [5.41, 5.74) is 2.34. The van der Waals surface area contributed by atoms with Crippen molar-refractivity contribution >= 4 is 34.4 Å². The zero-order chi connectivity index (χ0) is 28.0. The second kappa shape index (κ2) is 11.8. The van der Waals surface area contributed by atoms with E-state index in [-0.39, 0.29) is 6.54 Å². The van der Waals surface area contributed by atoms with Crippen molar-refractivity contribution in [2.45, 2.75) is 59.2 Å². The summed E-state index contributed by atoms with van der Waals surface area (Å²) in [5, 5.41) is 17.0. The molecule has 3 aromatic rings. The molecule has 0 spiro atoms. The zero-order valence-corrected chi connectivity index (χ0v) is 22.7. The van der Waals surface area contributed by atoms with Gasteiger partial charge < -0.3 is 20.3 Å². The summed E-state index contributed by atoms with van der Waals surface area (Å²) in [6.07, 6.45) is -0.765. The third-order valence-corrected chi connectivity index (χ3v) is 6.05. The van der Waals surface area contributed by atoms with Crippen molar-refractivity contribution in [2.24, 2.45) is 0 Å². The third-order valence-electron chi connectivity index (χ3n) is 6.05. The van der Waals surface area contributed by atoms with Crippen LogP contribution in [-0.2, 0) is 14.3 Å². The number of fused-ring (bicyclic) bond motifs is 1. The highest BCUT2D eigenvalue weighted by molar-refractivity contribution is 6.00. The lowest BCUT2D eigenvalue weighted by Crippen LogP contribution is -2.51. The number of aryl methyl sites for hydroxylation is 2. The van der Waals surface area contributed by atoms with Crippen LogP contribution in [0.4, 0.5) is 10.5 Å². The number of carbonyl (C=O) groups excluding carboxylic acids is 3. The monoisotopic (exact) mass is 514 g/mol. The molecule has 0 aliphatic rings. The molecule has 8 heteroatoms. The maximum Gasteiger partial charge on any atom is 0.408 e. The van der Waals surface area contributed by atoms with Crippen LogP contribution in [0, 0.1) is 25.2 Å². The number of rotatable bonds is 7. The Labute approximate surface area is 223 Å². The van der Waals surface area contributed by atoms with E-state index in [1.165, 1.54) is 11.8 Å². The van der Waals surface area contributed by atoms with Crippen LogP contribution in [0.2, 0.25) is 0 Å². The Bertz CT molecular complexity index is 1390. The summed E-state index contributed by atoms with van der Waals surface area (Å²) in [7, 11) is 0. The molecule has 0 fully saturated rings. The number of nitriles is 1. The Kier molecular flexibility index (Phi) is 8.74. The number of benzene rings is 3. The normalized spacial score (nSPS) is 12.7. The summed E-state index contributed by atoms with van der Waals surface area (Å²) in [6.45, 7) is 10.2. The molecule has 0 bridgehead atoms. The van der Waals surface area contributed by atoms with Gasteiger partial charge in [-0.05, 0) is 81.1 Å². The smallest absolute Gasteiger partial charge is 0.408 e. The van der Waals surface area contributed by atoms with Gasteiger partial charge in [0.2, 0.25) is 5.91 Å². The van der Waals surface area contributed by atoms with E-state index >= 15 is 0 Å². The highest BCUT2D eigenvalue weighted by Crippen LogP contribution is 2.27. The molecule has 0 aromatic heterocycles. The van der Waals surface area contributed by atoms with E-state index in [0.29, 0.717) is 11.3 Å². The summed E-state index contributed by atoms with van der Waals surface area (Å²) < 4.78 is 5.27. The standard InChI is InChI=1S/C30H34N4O4/c1-19-11-12-24(17-20(19)2)26(27(35)33-25-14-13-22-9-7-8-10-23(22)18-25)34(16-15-31)28(36)21(3)32-29(37)38-30(4,5)6/h7-14,17-18,21,26H,16H2,1-6H3,(H,32,37)(H,33,35). The first kappa shape index (κ1) is 28.2. The van der Waals surface area contributed by atoms with Gasteiger partial charge in [-0.1, -0.05) is 48.5 Å². The number of ether oxygens (including phenoxy) is 1. The van der Waals surface area contributed by atoms with E-state index in [0.717, 1.165) is 21.9 Å². The highest BCUT2D eigenvalue weighted by atomic mass is 16.6. The number of alkyl carbamates (subject to hydrolysis) is 1. The fraction of sp³-hybridized carbons (Fsp3) is 0.333. The van der Waals surface area contributed by atoms with E-state index in [4.69, 9.17) is 4.74 Å². The van der Waals surface area contributed by atoms with E-state index in [9.17, 15) is 19.6 Å². The third kappa shape index (κ3) is 7.10. The largest absolute Gasteiger partial charge is 0.444 e. The van der Waals surface area contributed by atoms with Crippen LogP contribution < -0.4 is 10.6 Å². The molecule has 0 aliphatic carbocycles. The van der Waals surface area contributed by atoms with Crippen LogP contribution in [-0.4, -0.2) is 41.0 Å². The molecular weight excluding hydrogens is 480 g/mol. The first-order chi connectivity index (χ1) is 17.9. The molecule has 3 amide bonds. The Hall–Kier alpha value is -4.38. The van der Waals surface area contributed by atoms with Gasteiger partial charge >= 0.3 is 6.09 Å². The Morgan fingerprint density at radius 2 is 1.66 bits per heavy atom. The molecule has 0 aliphatic heterocycles. The van der Waals surface area contributed by atoms with Gasteiger partial charge in [0.25, 0.3) is 5.91 Å². The molecule has 0 saturated heterocycles. The van der Waals surface area contributed by atoms with Crippen LogP contribution in [0.25, 0.3) is 10.8 Å². The van der Waals surface area contributed by atoms with Gasteiger partial charge in [0.05, 0.1) is 6.07 Å². The van der Waals surface area contributed by atoms with Crippen molar-refractivity contribution < 1.29 is 19.1 Å². The number of hydrogen-bond donors (Lipinski definition) is 2. The first-order valence-corrected chi connectivity index (χ1v) is 12.4. The van der Waals surface area contributed by atoms with E-state index in [2.05, 4.69) is 10.6 Å². The van der Waals surface area contributed by atoms with Gasteiger partial charge in [0, 0.05) is 5.69 Å². The van der Waals surface area contributed by atoms with E-state index in [1.807, 2.05) is 68.4 Å². The molecule has 0 radical (unpaired) electrons. The van der Waals surface area contributed by atoms with Crippen LogP contribution in [0.3, 0.4) is 0 Å². The minimum atomic E-state index is -1.11. The van der Waals surface area contributed by atoms with Gasteiger partial charge in [-0.2, -0.15) is 5.26 Å². The van der Waals surface area contributed by atoms with Crippen LogP contribution >= 0.6 is 0 Å². The van der Waals surface area contributed by atoms with E-state index in [1.54, 1.807) is 32.9 Å². The molecule has 0 heterocycles. The molecule has 198 valence electrons. The zero-order valence-electron chi connectivity index (χ0n) is 22.7. The first-order valence-electron chi connectivity index (χ1n) is 12.4. The average Bonchev–Trinajstić information content (AvgIpc) is 2.84. The number of carbonyl (C=O) groups is 3. The molecule has 2 unspecified atom stereocenters. The van der Waals surface area contributed by atoms with E-state index < -0.39 is 35.6 Å². The van der Waals surface area contributed by atoms with Crippen molar-refractivity contribution in [1.29, 1.82) is 5.26 Å². The van der Waals surface area contributed by atoms with Gasteiger partial charge in [0.15, 0.2) is 0 Å². The maximum atomic E-state index is 13.8. The molecule has 38 heavy (non-hydrogen) atoms. The molecule has 2 N–H and O–H groups in total. The fourth-order valence-electron chi connectivity index (χ4n) is 4.05. The summed E-state index contributed by atoms with van der Waals surface area (Å²) in [4.78, 5) is 40.8. The SMILES string of the molecule is Cc1ccc(C(C(=O)Nc2ccc3ccccc3c2)N(CC#N)C(=O)C(C)NC(=O)OC(C)(C)C)cc1C. The molecule has 8 nitrogen and oxygen atoms in total. The fourth-order valence-corrected chi connectivity index (χ4v) is 4.05. The van der Waals surface area contributed by atoms with Crippen molar-refractivity contribution in [1.82, 2.24) is 10.2 Å². The molecule has 3 aromatic carbocycles. The second-order valence-electron chi connectivity index (χ2n) is 10.3. The number of hydrogen-bond acceptors (Lipinski definition) is 5. The Balaban J connectivity index is 1.96. The van der Waals surface area contributed by atoms with Crippen molar-refractivity contribution in [3.05, 3.63) is 77.4 Å². The highest BCUT2D eigenvalue weighted by Gasteiger charge is 2.35. The van der Waals surface area contributed by atoms with Gasteiger partial charge in [-0.25, -0.2) is 4.79 Å². The topological polar surface area (TPSA) is 112 Å². The van der Waals surface area contributed by atoms with Crippen molar-refractivity contribution in [3.8, 4) is 6.07 Å². The van der Waals surface area contributed by atoms with Crippen LogP contribution in [0.15, 0.2) is 60.7 Å². The predicted molar refractivity (Wildman–Crippen MR) is 147 cm³/mol. The molecule has 3 rings (SSSR count). The summed E-state index contributed by atoms with van der Waals surface area (Å²) in [6, 6.07) is 18.7. The quantitative estimate of drug-likeness (QED) is 0.410. The second-order valence-corrected chi connectivity index (χ2v) is 10.3. The Morgan fingerprint density at radius 3 is 2.29 bits per heavy atom.